The van der Waals surface area contributed by atoms with Gasteiger partial charge >= 0.3 is 0 Å². The lowest BCUT2D eigenvalue weighted by molar-refractivity contribution is 0.278. The van der Waals surface area contributed by atoms with Gasteiger partial charge in [-0.3, -0.25) is 0 Å². The molecule has 17 heavy (non-hydrogen) atoms. The van der Waals surface area contributed by atoms with E-state index in [1.54, 1.807) is 6.20 Å². The van der Waals surface area contributed by atoms with Crippen LogP contribution in [0.3, 0.4) is 0 Å². The second-order valence-corrected chi connectivity index (χ2v) is 5.21. The Morgan fingerprint density at radius 2 is 2.35 bits per heavy atom. The number of hydrogen-bond acceptors (Lipinski definition) is 4. The maximum atomic E-state index is 6.02. The van der Waals surface area contributed by atoms with Crippen LogP contribution >= 0.6 is 23.2 Å². The van der Waals surface area contributed by atoms with Crippen LogP contribution in [0.1, 0.15) is 12.0 Å². The van der Waals surface area contributed by atoms with E-state index < -0.39 is 0 Å². The summed E-state index contributed by atoms with van der Waals surface area (Å²) in [5.74, 6) is 0.729. The molecule has 1 saturated heterocycles. The number of aromatic nitrogens is 2. The predicted octanol–water partition coefficient (Wildman–Crippen LogP) is 1.82. The minimum absolute atomic E-state index is 0.196. The molecule has 0 aliphatic carbocycles. The first-order valence-corrected chi connectivity index (χ1v) is 6.47. The molecule has 0 radical (unpaired) electrons. The van der Waals surface area contributed by atoms with Gasteiger partial charge in [-0.2, -0.15) is 0 Å². The van der Waals surface area contributed by atoms with Gasteiger partial charge in [0.25, 0.3) is 0 Å². The second kappa shape index (κ2) is 5.96. The van der Waals surface area contributed by atoms with Crippen molar-refractivity contribution in [3.8, 4) is 0 Å². The van der Waals surface area contributed by atoms with Crippen LogP contribution in [-0.4, -0.2) is 41.5 Å². The van der Waals surface area contributed by atoms with Gasteiger partial charge in [-0.25, -0.2) is 9.97 Å². The van der Waals surface area contributed by atoms with Crippen molar-refractivity contribution in [2.24, 2.45) is 5.92 Å². The average molecular weight is 275 g/mol. The molecule has 0 bridgehead atoms. The molecule has 2 rings (SSSR count). The van der Waals surface area contributed by atoms with Gasteiger partial charge in [0, 0.05) is 24.8 Å². The Morgan fingerprint density at radius 3 is 3.00 bits per heavy atom. The molecule has 4 nitrogen and oxygen atoms in total. The number of nitrogens with one attached hydrogen (secondary N) is 1. The van der Waals surface area contributed by atoms with Crippen LogP contribution in [0, 0.1) is 5.92 Å². The monoisotopic (exact) mass is 274 g/mol. The molecule has 1 aromatic heterocycles. The fourth-order valence-corrected chi connectivity index (χ4v) is 2.50. The van der Waals surface area contributed by atoms with Gasteiger partial charge in [0.05, 0.1) is 0 Å². The lowest BCUT2D eigenvalue weighted by atomic mass is 10.1. The maximum absolute atomic E-state index is 6.02. The zero-order valence-electron chi connectivity index (χ0n) is 9.79. The number of nitrogens with zero attached hydrogens (tertiary/aromatic N) is 3. The summed E-state index contributed by atoms with van der Waals surface area (Å²) in [7, 11) is 2.09. The summed E-state index contributed by atoms with van der Waals surface area (Å²) in [6.45, 7) is 4.05. The lowest BCUT2D eigenvalue weighted by Crippen LogP contribution is -2.26. The molecular formula is C11H16Cl2N4. The first kappa shape index (κ1) is 13.0. The average Bonchev–Trinajstić information content (AvgIpc) is 2.75. The SMILES string of the molecule is CN(Cc1cnc(Cl)nc1Cl)C[C@H]1CCNC1. The molecule has 1 aliphatic rings. The molecule has 1 fully saturated rings. The van der Waals surface area contributed by atoms with Crippen molar-refractivity contribution in [1.82, 2.24) is 20.2 Å². The lowest BCUT2D eigenvalue weighted by Gasteiger charge is -2.20. The first-order valence-electron chi connectivity index (χ1n) is 5.71. The summed E-state index contributed by atoms with van der Waals surface area (Å²) in [6.07, 6.45) is 2.94. The Bertz CT molecular complexity index is 380. The zero-order valence-corrected chi connectivity index (χ0v) is 11.3. The van der Waals surface area contributed by atoms with Crippen molar-refractivity contribution in [3.63, 3.8) is 0 Å². The molecule has 94 valence electrons. The van der Waals surface area contributed by atoms with Crippen molar-refractivity contribution >= 4 is 23.2 Å². The highest BCUT2D eigenvalue weighted by atomic mass is 35.5. The normalized spacial score (nSPS) is 20.1. The Labute approximate surface area is 111 Å². The zero-order chi connectivity index (χ0) is 12.3. The van der Waals surface area contributed by atoms with Crippen molar-refractivity contribution < 1.29 is 0 Å². The molecule has 0 spiro atoms. The summed E-state index contributed by atoms with van der Waals surface area (Å²) in [6, 6.07) is 0. The molecule has 0 unspecified atom stereocenters. The van der Waals surface area contributed by atoms with Gasteiger partial charge in [0.2, 0.25) is 5.28 Å². The van der Waals surface area contributed by atoms with Crippen LogP contribution in [0.25, 0.3) is 0 Å². The van der Waals surface area contributed by atoms with E-state index in [1.165, 1.54) is 6.42 Å². The Kier molecular flexibility index (Phi) is 4.56. The topological polar surface area (TPSA) is 41.1 Å². The second-order valence-electron chi connectivity index (χ2n) is 4.51. The molecule has 0 saturated carbocycles. The van der Waals surface area contributed by atoms with Gasteiger partial charge in [-0.1, -0.05) is 11.6 Å². The van der Waals surface area contributed by atoms with E-state index in [2.05, 4.69) is 27.2 Å². The van der Waals surface area contributed by atoms with Crippen molar-refractivity contribution in [2.75, 3.05) is 26.7 Å². The van der Waals surface area contributed by atoms with E-state index in [4.69, 9.17) is 23.2 Å². The molecule has 0 amide bonds. The first-order chi connectivity index (χ1) is 8.15. The molecule has 1 aromatic rings. The predicted molar refractivity (Wildman–Crippen MR) is 69.4 cm³/mol. The standard InChI is InChI=1S/C11H16Cl2N4/c1-17(6-8-2-3-14-4-8)7-9-5-15-11(13)16-10(9)12/h5,8,14H,2-4,6-7H2,1H3/t8-/m0/s1. The minimum atomic E-state index is 0.196. The van der Waals surface area contributed by atoms with E-state index in [1.807, 2.05) is 0 Å². The molecule has 1 N–H and O–H groups in total. The van der Waals surface area contributed by atoms with Crippen LogP contribution in [0.15, 0.2) is 6.20 Å². The van der Waals surface area contributed by atoms with Gasteiger partial charge in [0.15, 0.2) is 0 Å². The van der Waals surface area contributed by atoms with E-state index >= 15 is 0 Å². The number of halogens is 2. The third kappa shape index (κ3) is 3.78. The van der Waals surface area contributed by atoms with E-state index in [-0.39, 0.29) is 5.28 Å². The van der Waals surface area contributed by atoms with Crippen LogP contribution < -0.4 is 5.32 Å². The quantitative estimate of drug-likeness (QED) is 0.672. The van der Waals surface area contributed by atoms with Crippen LogP contribution in [0.4, 0.5) is 0 Å². The highest BCUT2D eigenvalue weighted by molar-refractivity contribution is 6.32. The fraction of sp³-hybridized carbons (Fsp3) is 0.636. The maximum Gasteiger partial charge on any atom is 0.223 e. The summed E-state index contributed by atoms with van der Waals surface area (Å²) in [5.41, 5.74) is 0.921. The van der Waals surface area contributed by atoms with E-state index in [0.29, 0.717) is 5.15 Å². The molecule has 2 heterocycles. The number of rotatable bonds is 4. The molecular weight excluding hydrogens is 259 g/mol. The molecule has 6 heteroatoms. The van der Waals surface area contributed by atoms with Crippen LogP contribution in [-0.2, 0) is 6.54 Å². The van der Waals surface area contributed by atoms with E-state index in [9.17, 15) is 0 Å². The van der Waals surface area contributed by atoms with Crippen molar-refractivity contribution in [3.05, 3.63) is 22.2 Å². The molecule has 0 aromatic carbocycles. The third-order valence-electron chi connectivity index (χ3n) is 2.95. The third-order valence-corrected chi connectivity index (χ3v) is 3.46. The fourth-order valence-electron chi connectivity index (χ4n) is 2.14. The van der Waals surface area contributed by atoms with Crippen LogP contribution in [0.2, 0.25) is 10.4 Å². The van der Waals surface area contributed by atoms with Crippen molar-refractivity contribution in [1.29, 1.82) is 0 Å². The molecule has 1 atom stereocenters. The highest BCUT2D eigenvalue weighted by Gasteiger charge is 2.17. The summed E-state index contributed by atoms with van der Waals surface area (Å²) >= 11 is 11.7. The Morgan fingerprint density at radius 1 is 1.53 bits per heavy atom. The Balaban J connectivity index is 1.90. The Hall–Kier alpha value is -0.420. The van der Waals surface area contributed by atoms with Gasteiger partial charge in [-0.05, 0) is 44.1 Å². The van der Waals surface area contributed by atoms with Gasteiger partial charge in [0.1, 0.15) is 5.15 Å². The summed E-state index contributed by atoms with van der Waals surface area (Å²) in [4.78, 5) is 10.1. The van der Waals surface area contributed by atoms with Gasteiger partial charge in [-0.15, -0.1) is 0 Å². The summed E-state index contributed by atoms with van der Waals surface area (Å²) < 4.78 is 0. The van der Waals surface area contributed by atoms with Crippen molar-refractivity contribution in [2.45, 2.75) is 13.0 Å². The number of hydrogen-bond donors (Lipinski definition) is 1. The summed E-state index contributed by atoms with van der Waals surface area (Å²) in [5, 5.41) is 4.01. The van der Waals surface area contributed by atoms with Gasteiger partial charge < -0.3 is 10.2 Å². The largest absolute Gasteiger partial charge is 0.316 e. The van der Waals surface area contributed by atoms with Crippen LogP contribution in [0.5, 0.6) is 0 Å². The highest BCUT2D eigenvalue weighted by Crippen LogP contribution is 2.17. The smallest absolute Gasteiger partial charge is 0.223 e. The van der Waals surface area contributed by atoms with E-state index in [0.717, 1.165) is 37.7 Å². The minimum Gasteiger partial charge on any atom is -0.316 e. The molecule has 1 aliphatic heterocycles.